The number of rotatable bonds is 14. The molecule has 2 N–H and O–H groups in total. The second-order valence-electron chi connectivity index (χ2n) is 10.9. The zero-order chi connectivity index (χ0) is 29.1. The summed E-state index contributed by atoms with van der Waals surface area (Å²) in [6, 6.07) is 22.9. The molecule has 2 heterocycles. The van der Waals surface area contributed by atoms with E-state index in [2.05, 4.69) is 58.7 Å². The van der Waals surface area contributed by atoms with Gasteiger partial charge in [-0.3, -0.25) is 0 Å². The van der Waals surface area contributed by atoms with Gasteiger partial charge in [-0.05, 0) is 52.9 Å². The zero-order valence-electron chi connectivity index (χ0n) is 24.8. The Morgan fingerprint density at radius 3 is 2.38 bits per heavy atom. The van der Waals surface area contributed by atoms with Crippen LogP contribution in [0.5, 0.6) is 11.5 Å². The Bertz CT molecular complexity index is 1240. The molecule has 8 nitrogen and oxygen atoms in total. The highest BCUT2D eigenvalue weighted by atomic mass is 16.5. The van der Waals surface area contributed by atoms with Crippen molar-refractivity contribution in [3.63, 3.8) is 0 Å². The minimum Gasteiger partial charge on any atom is -0.494 e. The van der Waals surface area contributed by atoms with Gasteiger partial charge in [-0.1, -0.05) is 42.5 Å². The summed E-state index contributed by atoms with van der Waals surface area (Å²) in [5.74, 6) is 1.66. The monoisotopic (exact) mass is 576 g/mol. The lowest BCUT2D eigenvalue weighted by molar-refractivity contribution is -0.0328. The van der Waals surface area contributed by atoms with Crippen molar-refractivity contribution in [1.29, 1.82) is 0 Å². The summed E-state index contributed by atoms with van der Waals surface area (Å²) < 4.78 is 28.5. The number of methoxy groups -OCH3 is 2. The predicted octanol–water partition coefficient (Wildman–Crippen LogP) is 4.64. The number of benzene rings is 3. The number of aliphatic hydroxyl groups excluding tert-OH is 1. The number of fused-ring (bicyclic) bond motifs is 1. The lowest BCUT2D eigenvalue weighted by atomic mass is 9.85. The normalized spacial score (nSPS) is 20.2. The molecule has 2 aliphatic heterocycles. The number of piperidine rings is 1. The minimum atomic E-state index is -0.530. The molecule has 0 aromatic heterocycles. The van der Waals surface area contributed by atoms with E-state index in [1.807, 2.05) is 18.2 Å². The van der Waals surface area contributed by atoms with Crippen LogP contribution in [0.25, 0.3) is 11.1 Å². The van der Waals surface area contributed by atoms with Crippen LogP contribution in [0.3, 0.4) is 0 Å². The van der Waals surface area contributed by atoms with Crippen LogP contribution in [0.15, 0.2) is 66.7 Å². The highest BCUT2D eigenvalue weighted by Gasteiger charge is 2.34. The summed E-state index contributed by atoms with van der Waals surface area (Å²) in [5.41, 5.74) is 5.53. The van der Waals surface area contributed by atoms with Crippen molar-refractivity contribution in [2.75, 3.05) is 71.7 Å². The molecule has 0 spiro atoms. The molecule has 3 unspecified atom stereocenters. The number of nitrogens with zero attached hydrogens (tertiary/aromatic N) is 1. The Kier molecular flexibility index (Phi) is 11.1. The van der Waals surface area contributed by atoms with E-state index in [0.29, 0.717) is 39.5 Å². The smallest absolute Gasteiger partial charge is 0.142 e. The number of nitrogens with one attached hydrogen (secondary N) is 1. The summed E-state index contributed by atoms with van der Waals surface area (Å²) in [5, 5.41) is 14.3. The van der Waals surface area contributed by atoms with Gasteiger partial charge in [0.15, 0.2) is 0 Å². The Labute approximate surface area is 249 Å². The first kappa shape index (κ1) is 30.3. The molecule has 8 heteroatoms. The van der Waals surface area contributed by atoms with Crippen molar-refractivity contribution < 1.29 is 28.8 Å². The van der Waals surface area contributed by atoms with Crippen LogP contribution < -0.4 is 19.7 Å². The summed E-state index contributed by atoms with van der Waals surface area (Å²) in [6.45, 7) is 6.26. The molecule has 3 aromatic rings. The SMILES string of the molecule is COCCCOc1ccc(-c2ccc(C3C(O)CNCC3OCc3ccc4c(c3)N(CCCOC)CCO4)cc2)cc1. The molecule has 0 aliphatic carbocycles. The average Bonchev–Trinajstić information content (AvgIpc) is 3.03. The molecule has 0 amide bonds. The molecule has 3 aromatic carbocycles. The van der Waals surface area contributed by atoms with Gasteiger partial charge >= 0.3 is 0 Å². The highest BCUT2D eigenvalue weighted by Crippen LogP contribution is 2.34. The van der Waals surface area contributed by atoms with Crippen LogP contribution >= 0.6 is 0 Å². The van der Waals surface area contributed by atoms with Gasteiger partial charge in [0, 0.05) is 59.4 Å². The van der Waals surface area contributed by atoms with E-state index < -0.39 is 6.10 Å². The molecular formula is C34H44N2O6. The Morgan fingerprint density at radius 1 is 0.881 bits per heavy atom. The van der Waals surface area contributed by atoms with Crippen molar-refractivity contribution in [1.82, 2.24) is 5.32 Å². The molecule has 42 heavy (non-hydrogen) atoms. The number of ether oxygens (including phenoxy) is 5. The average molecular weight is 577 g/mol. The minimum absolute atomic E-state index is 0.116. The quantitative estimate of drug-likeness (QED) is 0.269. The van der Waals surface area contributed by atoms with Gasteiger partial charge in [-0.15, -0.1) is 0 Å². The van der Waals surface area contributed by atoms with Crippen LogP contribution in [0, 0.1) is 0 Å². The third kappa shape index (κ3) is 7.82. The maximum Gasteiger partial charge on any atom is 0.142 e. The van der Waals surface area contributed by atoms with E-state index in [1.165, 1.54) is 0 Å². The van der Waals surface area contributed by atoms with E-state index in [-0.39, 0.29) is 12.0 Å². The van der Waals surface area contributed by atoms with Gasteiger partial charge in [0.2, 0.25) is 0 Å². The molecule has 2 aliphatic rings. The van der Waals surface area contributed by atoms with E-state index in [4.69, 9.17) is 23.7 Å². The van der Waals surface area contributed by atoms with Gasteiger partial charge in [0.05, 0.1) is 37.7 Å². The molecular weight excluding hydrogens is 532 g/mol. The number of anilines is 1. The Balaban J connectivity index is 1.22. The van der Waals surface area contributed by atoms with Crippen molar-refractivity contribution >= 4 is 5.69 Å². The van der Waals surface area contributed by atoms with Crippen molar-refractivity contribution in [3.8, 4) is 22.6 Å². The lowest BCUT2D eigenvalue weighted by Crippen LogP contribution is -2.49. The first-order valence-electron chi connectivity index (χ1n) is 15.0. The fourth-order valence-electron chi connectivity index (χ4n) is 5.75. The molecule has 0 bridgehead atoms. The maximum absolute atomic E-state index is 11.0. The van der Waals surface area contributed by atoms with Crippen LogP contribution in [0.2, 0.25) is 0 Å². The van der Waals surface area contributed by atoms with Gasteiger partial charge in [-0.2, -0.15) is 0 Å². The van der Waals surface area contributed by atoms with Crippen LogP contribution in [-0.4, -0.2) is 84.1 Å². The molecule has 0 radical (unpaired) electrons. The van der Waals surface area contributed by atoms with Gasteiger partial charge in [-0.25, -0.2) is 0 Å². The molecule has 3 atom stereocenters. The maximum atomic E-state index is 11.0. The summed E-state index contributed by atoms with van der Waals surface area (Å²) in [7, 11) is 3.44. The van der Waals surface area contributed by atoms with Crippen molar-refractivity contribution in [2.45, 2.75) is 37.6 Å². The number of β-amino-alcohol motifs (C(OH)–C–C–N with tert-alkyl or cyclic N) is 1. The first-order valence-corrected chi connectivity index (χ1v) is 15.0. The van der Waals surface area contributed by atoms with Crippen LogP contribution in [0.4, 0.5) is 5.69 Å². The molecule has 226 valence electrons. The fourth-order valence-corrected chi connectivity index (χ4v) is 5.75. The number of hydrogen-bond donors (Lipinski definition) is 2. The molecule has 1 fully saturated rings. The van der Waals surface area contributed by atoms with Crippen LogP contribution in [0.1, 0.15) is 29.9 Å². The van der Waals surface area contributed by atoms with Gasteiger partial charge in [0.1, 0.15) is 18.1 Å². The standard InChI is InChI=1S/C34H44N2O6/c1-38-17-3-15-36-16-20-41-32-14-5-25(21-30(32)36)24-42-33-23-35-22-31(37)34(33)28-8-6-26(7-9-28)27-10-12-29(13-11-27)40-19-4-18-39-2/h5-14,21,31,33-35,37H,3-4,15-20,22-24H2,1-2H3. The predicted molar refractivity (Wildman–Crippen MR) is 165 cm³/mol. The summed E-state index contributed by atoms with van der Waals surface area (Å²) >= 11 is 0. The van der Waals surface area contributed by atoms with Gasteiger partial charge in [0.25, 0.3) is 0 Å². The summed E-state index contributed by atoms with van der Waals surface area (Å²) in [4.78, 5) is 2.36. The second kappa shape index (κ2) is 15.4. The molecule has 1 saturated heterocycles. The van der Waals surface area contributed by atoms with E-state index >= 15 is 0 Å². The highest BCUT2D eigenvalue weighted by molar-refractivity contribution is 5.64. The molecule has 0 saturated carbocycles. The van der Waals surface area contributed by atoms with Gasteiger partial charge < -0.3 is 39.0 Å². The third-order valence-corrected chi connectivity index (χ3v) is 7.98. The lowest BCUT2D eigenvalue weighted by Gasteiger charge is -2.36. The fraction of sp³-hybridized carbons (Fsp3) is 0.471. The van der Waals surface area contributed by atoms with Crippen molar-refractivity contribution in [3.05, 3.63) is 77.9 Å². The zero-order valence-corrected chi connectivity index (χ0v) is 24.8. The third-order valence-electron chi connectivity index (χ3n) is 7.98. The second-order valence-corrected chi connectivity index (χ2v) is 10.9. The Hall–Kier alpha value is -3.14. The van der Waals surface area contributed by atoms with Crippen molar-refractivity contribution in [2.24, 2.45) is 0 Å². The summed E-state index contributed by atoms with van der Waals surface area (Å²) in [6.07, 6.45) is 1.15. The van der Waals surface area contributed by atoms with E-state index in [1.54, 1.807) is 14.2 Å². The number of hydrogen-bond acceptors (Lipinski definition) is 8. The van der Waals surface area contributed by atoms with Crippen LogP contribution in [-0.2, 0) is 20.8 Å². The topological polar surface area (TPSA) is 81.7 Å². The number of aliphatic hydroxyl groups is 1. The largest absolute Gasteiger partial charge is 0.494 e. The Morgan fingerprint density at radius 2 is 1.62 bits per heavy atom. The molecule has 5 rings (SSSR count). The van der Waals surface area contributed by atoms with E-state index in [9.17, 15) is 5.11 Å². The van der Waals surface area contributed by atoms with E-state index in [0.717, 1.165) is 72.0 Å². The first-order chi connectivity index (χ1) is 20.7.